The Morgan fingerprint density at radius 2 is 1.65 bits per heavy atom. The van der Waals surface area contributed by atoms with Crippen molar-refractivity contribution in [3.05, 3.63) is 77.9 Å². The van der Waals surface area contributed by atoms with Gasteiger partial charge in [-0.05, 0) is 24.6 Å². The average Bonchev–Trinajstić information content (AvgIpc) is 2.85. The number of amides is 1. The summed E-state index contributed by atoms with van der Waals surface area (Å²) in [5.74, 6) is -0.491. The van der Waals surface area contributed by atoms with E-state index in [1.165, 1.54) is 12.1 Å². The fraction of sp³-hybridized carbons (Fsp3) is 0.118. The molecule has 1 aliphatic heterocycles. The molecule has 0 bridgehead atoms. The van der Waals surface area contributed by atoms with Crippen molar-refractivity contribution in [1.29, 1.82) is 0 Å². The normalized spacial score (nSPS) is 18.9. The highest BCUT2D eigenvalue weighted by molar-refractivity contribution is 7.89. The molecule has 0 unspecified atom stereocenters. The third kappa shape index (κ3) is 2.67. The SMILES string of the molecule is C=C1C(=O)NN(S(=O)(=O)c2ccc(C)cc2)[C@H]1c1ccccc1. The summed E-state index contributed by atoms with van der Waals surface area (Å²) in [4.78, 5) is 12.1. The van der Waals surface area contributed by atoms with Gasteiger partial charge in [-0.25, -0.2) is 8.42 Å². The van der Waals surface area contributed by atoms with Gasteiger partial charge in [0.05, 0.1) is 4.90 Å². The first kappa shape index (κ1) is 15.5. The summed E-state index contributed by atoms with van der Waals surface area (Å²) in [6.45, 7) is 5.62. The van der Waals surface area contributed by atoms with Crippen molar-refractivity contribution in [2.75, 3.05) is 0 Å². The molecule has 5 nitrogen and oxygen atoms in total. The molecule has 3 rings (SSSR count). The Balaban J connectivity index is 2.08. The molecule has 0 aliphatic carbocycles. The van der Waals surface area contributed by atoms with Gasteiger partial charge in [0.1, 0.15) is 6.04 Å². The summed E-state index contributed by atoms with van der Waals surface area (Å²) in [5, 5.41) is 0. The molecule has 1 N–H and O–H groups in total. The summed E-state index contributed by atoms with van der Waals surface area (Å²) in [5.41, 5.74) is 4.26. The summed E-state index contributed by atoms with van der Waals surface area (Å²) in [6.07, 6.45) is 0. The van der Waals surface area contributed by atoms with Crippen molar-refractivity contribution in [1.82, 2.24) is 9.84 Å². The molecule has 1 atom stereocenters. The lowest BCUT2D eigenvalue weighted by atomic mass is 10.0. The van der Waals surface area contributed by atoms with Crippen LogP contribution in [0.1, 0.15) is 17.2 Å². The van der Waals surface area contributed by atoms with Crippen LogP contribution in [0.15, 0.2) is 71.6 Å². The van der Waals surface area contributed by atoms with Gasteiger partial charge in [0.25, 0.3) is 15.9 Å². The molecule has 2 aromatic rings. The van der Waals surface area contributed by atoms with E-state index < -0.39 is 22.0 Å². The van der Waals surface area contributed by atoms with Gasteiger partial charge in [0.15, 0.2) is 0 Å². The van der Waals surface area contributed by atoms with Crippen LogP contribution in [0.3, 0.4) is 0 Å². The summed E-state index contributed by atoms with van der Waals surface area (Å²) in [7, 11) is -3.88. The van der Waals surface area contributed by atoms with Crippen LogP contribution < -0.4 is 5.43 Å². The molecule has 2 aromatic carbocycles. The van der Waals surface area contributed by atoms with E-state index in [9.17, 15) is 13.2 Å². The largest absolute Gasteiger partial charge is 0.270 e. The minimum absolute atomic E-state index is 0.124. The molecule has 0 radical (unpaired) electrons. The number of nitrogens with one attached hydrogen (secondary N) is 1. The van der Waals surface area contributed by atoms with Crippen LogP contribution in [0.5, 0.6) is 0 Å². The zero-order chi connectivity index (χ0) is 16.6. The van der Waals surface area contributed by atoms with Crippen molar-refractivity contribution >= 4 is 15.9 Å². The van der Waals surface area contributed by atoms with Crippen molar-refractivity contribution in [3.63, 3.8) is 0 Å². The topological polar surface area (TPSA) is 66.5 Å². The summed E-state index contributed by atoms with van der Waals surface area (Å²) >= 11 is 0. The predicted octanol–water partition coefficient (Wildman–Crippen LogP) is 2.33. The quantitative estimate of drug-likeness (QED) is 0.880. The number of carbonyl (C=O) groups excluding carboxylic acids is 1. The van der Waals surface area contributed by atoms with Crippen LogP contribution in [-0.2, 0) is 14.8 Å². The highest BCUT2D eigenvalue weighted by atomic mass is 32.2. The molecule has 0 saturated carbocycles. The Labute approximate surface area is 135 Å². The van der Waals surface area contributed by atoms with Crippen LogP contribution in [-0.4, -0.2) is 18.7 Å². The number of hydrogen-bond acceptors (Lipinski definition) is 3. The first-order valence-electron chi connectivity index (χ1n) is 7.07. The molecular formula is C17H16N2O3S. The van der Waals surface area contributed by atoms with E-state index in [1.54, 1.807) is 36.4 Å². The van der Waals surface area contributed by atoms with Crippen LogP contribution in [0.4, 0.5) is 0 Å². The second-order valence-corrected chi connectivity index (χ2v) is 7.21. The third-order valence-electron chi connectivity index (χ3n) is 3.76. The monoisotopic (exact) mass is 328 g/mol. The van der Waals surface area contributed by atoms with Crippen molar-refractivity contribution < 1.29 is 13.2 Å². The van der Waals surface area contributed by atoms with Crippen molar-refractivity contribution in [3.8, 4) is 0 Å². The van der Waals surface area contributed by atoms with Gasteiger partial charge < -0.3 is 0 Å². The lowest BCUT2D eigenvalue weighted by Gasteiger charge is -2.23. The molecule has 1 aliphatic rings. The number of rotatable bonds is 3. The zero-order valence-electron chi connectivity index (χ0n) is 12.6. The molecule has 118 valence electrons. The van der Waals surface area contributed by atoms with E-state index in [2.05, 4.69) is 12.0 Å². The number of aryl methyl sites for hydroxylation is 1. The standard InChI is InChI=1S/C17H16N2O3S/c1-12-8-10-15(11-9-12)23(21,22)19-16(13(2)17(20)18-19)14-6-4-3-5-7-14/h3-11,16H,2H2,1H3,(H,18,20)/t16-/m1/s1. The minimum Gasteiger partial charge on any atom is -0.270 e. The predicted molar refractivity (Wildman–Crippen MR) is 86.7 cm³/mol. The fourth-order valence-electron chi connectivity index (χ4n) is 2.50. The van der Waals surface area contributed by atoms with Gasteiger partial charge >= 0.3 is 0 Å². The van der Waals surface area contributed by atoms with E-state index in [4.69, 9.17) is 0 Å². The Morgan fingerprint density at radius 1 is 1.04 bits per heavy atom. The van der Waals surface area contributed by atoms with Gasteiger partial charge in [-0.2, -0.15) is 0 Å². The van der Waals surface area contributed by atoms with Crippen LogP contribution in [0.2, 0.25) is 0 Å². The molecule has 6 heteroatoms. The Bertz CT molecular complexity index is 858. The first-order chi connectivity index (χ1) is 10.9. The maximum Gasteiger partial charge on any atom is 0.263 e. The van der Waals surface area contributed by atoms with Gasteiger partial charge in [-0.15, -0.1) is 0 Å². The Hall–Kier alpha value is -2.44. The molecule has 1 fully saturated rings. The number of sulfonamides is 1. The van der Waals surface area contributed by atoms with Gasteiger partial charge in [-0.3, -0.25) is 10.2 Å². The molecule has 1 saturated heterocycles. The number of benzene rings is 2. The maximum atomic E-state index is 12.9. The number of hydrazine groups is 1. The third-order valence-corrected chi connectivity index (χ3v) is 5.45. The number of nitrogens with zero attached hydrogens (tertiary/aromatic N) is 1. The molecular weight excluding hydrogens is 312 g/mol. The molecule has 23 heavy (non-hydrogen) atoms. The minimum atomic E-state index is -3.88. The lowest BCUT2D eigenvalue weighted by molar-refractivity contribution is -0.117. The molecule has 0 aromatic heterocycles. The van der Waals surface area contributed by atoms with Crippen molar-refractivity contribution in [2.45, 2.75) is 17.9 Å². The zero-order valence-corrected chi connectivity index (χ0v) is 13.4. The Morgan fingerprint density at radius 3 is 2.26 bits per heavy atom. The molecule has 1 heterocycles. The smallest absolute Gasteiger partial charge is 0.263 e. The van der Waals surface area contributed by atoms with E-state index in [-0.39, 0.29) is 10.5 Å². The Kier molecular flexibility index (Phi) is 3.79. The van der Waals surface area contributed by atoms with E-state index in [0.717, 1.165) is 9.98 Å². The second-order valence-electron chi connectivity index (χ2n) is 5.39. The van der Waals surface area contributed by atoms with E-state index in [0.29, 0.717) is 5.56 Å². The van der Waals surface area contributed by atoms with Crippen LogP contribution in [0, 0.1) is 6.92 Å². The van der Waals surface area contributed by atoms with Crippen molar-refractivity contribution in [2.24, 2.45) is 0 Å². The van der Waals surface area contributed by atoms with E-state index in [1.807, 2.05) is 13.0 Å². The number of carbonyl (C=O) groups is 1. The van der Waals surface area contributed by atoms with Gasteiger partial charge in [0.2, 0.25) is 0 Å². The van der Waals surface area contributed by atoms with Crippen LogP contribution >= 0.6 is 0 Å². The molecule has 1 amide bonds. The van der Waals surface area contributed by atoms with Gasteiger partial charge in [-0.1, -0.05) is 59.0 Å². The summed E-state index contributed by atoms with van der Waals surface area (Å²) in [6, 6.07) is 14.7. The van der Waals surface area contributed by atoms with E-state index >= 15 is 0 Å². The molecule has 0 spiro atoms. The maximum absolute atomic E-state index is 12.9. The lowest BCUT2D eigenvalue weighted by Crippen LogP contribution is -2.39. The first-order valence-corrected chi connectivity index (χ1v) is 8.51. The highest BCUT2D eigenvalue weighted by Crippen LogP contribution is 2.35. The fourth-order valence-corrected chi connectivity index (χ4v) is 3.93. The summed E-state index contributed by atoms with van der Waals surface area (Å²) < 4.78 is 26.8. The highest BCUT2D eigenvalue weighted by Gasteiger charge is 2.43. The van der Waals surface area contributed by atoms with Crippen LogP contribution in [0.25, 0.3) is 0 Å². The second kappa shape index (κ2) is 5.64. The number of hydrogen-bond donors (Lipinski definition) is 1. The van der Waals surface area contributed by atoms with Gasteiger partial charge in [0, 0.05) is 5.57 Å². The average molecular weight is 328 g/mol.